The lowest BCUT2D eigenvalue weighted by Crippen LogP contribution is -2.15. The van der Waals surface area contributed by atoms with Gasteiger partial charge in [0.2, 0.25) is 0 Å². The molecule has 0 saturated heterocycles. The third-order valence-electron chi connectivity index (χ3n) is 2.64. The second-order valence-corrected chi connectivity index (χ2v) is 4.02. The molecule has 0 saturated carbocycles. The molecule has 0 unspecified atom stereocenters. The Morgan fingerprint density at radius 3 is 2.78 bits per heavy atom. The number of nitrogens with one attached hydrogen (secondary N) is 2. The molecule has 2 aromatic rings. The second-order valence-electron chi connectivity index (χ2n) is 4.02. The van der Waals surface area contributed by atoms with E-state index in [-0.39, 0.29) is 0 Å². The summed E-state index contributed by atoms with van der Waals surface area (Å²) in [7, 11) is 0. The van der Waals surface area contributed by atoms with Crippen molar-refractivity contribution in [3.8, 4) is 6.07 Å². The first kappa shape index (κ1) is 12.3. The summed E-state index contributed by atoms with van der Waals surface area (Å²) in [6.07, 6.45) is 3.45. The molecule has 2 N–H and O–H groups in total. The van der Waals surface area contributed by atoms with E-state index >= 15 is 0 Å². The van der Waals surface area contributed by atoms with Crippen LogP contribution in [0.15, 0.2) is 30.6 Å². The Morgan fingerprint density at radius 2 is 2.11 bits per heavy atom. The highest BCUT2D eigenvalue weighted by Gasteiger charge is 1.96. The molecule has 0 fully saturated rings. The Balaban J connectivity index is 1.64. The van der Waals surface area contributed by atoms with E-state index < -0.39 is 0 Å². The van der Waals surface area contributed by atoms with Crippen LogP contribution in [-0.2, 0) is 13.0 Å². The van der Waals surface area contributed by atoms with Crippen molar-refractivity contribution in [1.29, 1.82) is 5.26 Å². The van der Waals surface area contributed by atoms with Crippen molar-refractivity contribution in [3.05, 3.63) is 47.5 Å². The maximum absolute atomic E-state index is 8.69. The third-order valence-corrected chi connectivity index (χ3v) is 2.64. The second kappa shape index (κ2) is 6.52. The Labute approximate surface area is 106 Å². The standard InChI is InChI=1S/C13H15N5/c14-8-11-3-5-12(6-4-11)9-15-7-1-2-13-16-10-17-18-13/h3-6,10,15H,1-2,7,9H2,(H,16,17,18). The van der Waals surface area contributed by atoms with Crippen molar-refractivity contribution in [3.63, 3.8) is 0 Å². The van der Waals surface area contributed by atoms with E-state index in [0.29, 0.717) is 5.56 Å². The molecule has 92 valence electrons. The molecule has 0 aliphatic heterocycles. The van der Waals surface area contributed by atoms with Gasteiger partial charge in [-0.05, 0) is 30.7 Å². The minimum absolute atomic E-state index is 0.698. The molecule has 18 heavy (non-hydrogen) atoms. The first-order valence-electron chi connectivity index (χ1n) is 5.92. The molecule has 0 radical (unpaired) electrons. The summed E-state index contributed by atoms with van der Waals surface area (Å²) >= 11 is 0. The summed E-state index contributed by atoms with van der Waals surface area (Å²) in [5, 5.41) is 18.7. The molecule has 5 nitrogen and oxygen atoms in total. The van der Waals surface area contributed by atoms with Gasteiger partial charge in [-0.3, -0.25) is 5.10 Å². The maximum Gasteiger partial charge on any atom is 0.137 e. The molecule has 1 aromatic heterocycles. The van der Waals surface area contributed by atoms with Gasteiger partial charge in [-0.2, -0.15) is 10.4 Å². The number of rotatable bonds is 6. The van der Waals surface area contributed by atoms with Crippen LogP contribution in [0, 0.1) is 11.3 Å². The van der Waals surface area contributed by atoms with E-state index in [1.165, 1.54) is 11.9 Å². The van der Waals surface area contributed by atoms with Gasteiger partial charge in [0.15, 0.2) is 0 Å². The average Bonchev–Trinajstić information content (AvgIpc) is 2.92. The van der Waals surface area contributed by atoms with Crippen LogP contribution in [0.25, 0.3) is 0 Å². The predicted molar refractivity (Wildman–Crippen MR) is 67.6 cm³/mol. The molecule has 0 aliphatic rings. The number of aryl methyl sites for hydroxylation is 1. The number of nitrogens with zero attached hydrogens (tertiary/aromatic N) is 3. The smallest absolute Gasteiger partial charge is 0.137 e. The Kier molecular flexibility index (Phi) is 4.45. The van der Waals surface area contributed by atoms with Crippen LogP contribution in [0.5, 0.6) is 0 Å². The lowest BCUT2D eigenvalue weighted by Gasteiger charge is -2.04. The fourth-order valence-corrected chi connectivity index (χ4v) is 1.66. The Bertz CT molecular complexity index is 495. The first-order valence-corrected chi connectivity index (χ1v) is 5.92. The van der Waals surface area contributed by atoms with E-state index in [4.69, 9.17) is 5.26 Å². The SMILES string of the molecule is N#Cc1ccc(CNCCCc2ncn[nH]2)cc1. The van der Waals surface area contributed by atoms with Gasteiger partial charge in [-0.25, -0.2) is 4.98 Å². The zero-order chi connectivity index (χ0) is 12.6. The topological polar surface area (TPSA) is 77.4 Å². The molecule has 0 atom stereocenters. The van der Waals surface area contributed by atoms with Gasteiger partial charge in [-0.15, -0.1) is 0 Å². The summed E-state index contributed by atoms with van der Waals surface area (Å²) in [5.74, 6) is 0.926. The lowest BCUT2D eigenvalue weighted by molar-refractivity contribution is 0.639. The van der Waals surface area contributed by atoms with Crippen LogP contribution in [0.4, 0.5) is 0 Å². The van der Waals surface area contributed by atoms with Crippen LogP contribution >= 0.6 is 0 Å². The van der Waals surface area contributed by atoms with Crippen LogP contribution in [-0.4, -0.2) is 21.7 Å². The van der Waals surface area contributed by atoms with Crippen molar-refractivity contribution >= 4 is 0 Å². The zero-order valence-corrected chi connectivity index (χ0v) is 10.1. The van der Waals surface area contributed by atoms with E-state index in [1.807, 2.05) is 24.3 Å². The van der Waals surface area contributed by atoms with Gasteiger partial charge >= 0.3 is 0 Å². The predicted octanol–water partition coefficient (Wildman–Crippen LogP) is 1.40. The minimum Gasteiger partial charge on any atom is -0.313 e. The van der Waals surface area contributed by atoms with Gasteiger partial charge in [0, 0.05) is 13.0 Å². The van der Waals surface area contributed by atoms with E-state index in [2.05, 4.69) is 26.6 Å². The molecular weight excluding hydrogens is 226 g/mol. The molecule has 0 spiro atoms. The minimum atomic E-state index is 0.698. The number of hydrogen-bond donors (Lipinski definition) is 2. The number of aromatic nitrogens is 3. The van der Waals surface area contributed by atoms with Crippen molar-refractivity contribution in [2.24, 2.45) is 0 Å². The van der Waals surface area contributed by atoms with Crippen LogP contribution in [0.1, 0.15) is 23.4 Å². The highest BCUT2D eigenvalue weighted by atomic mass is 15.2. The zero-order valence-electron chi connectivity index (χ0n) is 10.1. The van der Waals surface area contributed by atoms with E-state index in [0.717, 1.165) is 31.8 Å². The van der Waals surface area contributed by atoms with Crippen molar-refractivity contribution < 1.29 is 0 Å². The van der Waals surface area contributed by atoms with Gasteiger partial charge < -0.3 is 5.32 Å². The summed E-state index contributed by atoms with van der Waals surface area (Å²) in [6.45, 7) is 1.75. The molecule has 0 aliphatic carbocycles. The van der Waals surface area contributed by atoms with E-state index in [1.54, 1.807) is 0 Å². The van der Waals surface area contributed by atoms with Crippen LogP contribution in [0.3, 0.4) is 0 Å². The van der Waals surface area contributed by atoms with Crippen molar-refractivity contribution in [2.75, 3.05) is 6.54 Å². The number of benzene rings is 1. The summed E-state index contributed by atoms with van der Waals surface area (Å²) in [6, 6.07) is 9.74. The molecular formula is C13H15N5. The fraction of sp³-hybridized carbons (Fsp3) is 0.308. The number of H-pyrrole nitrogens is 1. The molecule has 0 bridgehead atoms. The van der Waals surface area contributed by atoms with Crippen LogP contribution in [0.2, 0.25) is 0 Å². The van der Waals surface area contributed by atoms with Gasteiger partial charge in [-0.1, -0.05) is 12.1 Å². The van der Waals surface area contributed by atoms with Crippen molar-refractivity contribution in [2.45, 2.75) is 19.4 Å². The normalized spacial score (nSPS) is 10.2. The Morgan fingerprint density at radius 1 is 1.28 bits per heavy atom. The monoisotopic (exact) mass is 241 g/mol. The number of hydrogen-bond acceptors (Lipinski definition) is 4. The highest BCUT2D eigenvalue weighted by Crippen LogP contribution is 2.02. The van der Waals surface area contributed by atoms with Crippen LogP contribution < -0.4 is 5.32 Å². The molecule has 0 amide bonds. The lowest BCUT2D eigenvalue weighted by atomic mass is 10.1. The number of nitriles is 1. The summed E-state index contributed by atoms with van der Waals surface area (Å²) < 4.78 is 0. The highest BCUT2D eigenvalue weighted by molar-refractivity contribution is 5.31. The molecule has 5 heteroatoms. The summed E-state index contributed by atoms with van der Waals surface area (Å²) in [4.78, 5) is 4.07. The molecule has 2 rings (SSSR count). The van der Waals surface area contributed by atoms with Crippen molar-refractivity contribution in [1.82, 2.24) is 20.5 Å². The summed E-state index contributed by atoms with van der Waals surface area (Å²) in [5.41, 5.74) is 1.89. The third kappa shape index (κ3) is 3.68. The maximum atomic E-state index is 8.69. The fourth-order valence-electron chi connectivity index (χ4n) is 1.66. The Hall–Kier alpha value is -2.19. The van der Waals surface area contributed by atoms with E-state index in [9.17, 15) is 0 Å². The van der Waals surface area contributed by atoms with Gasteiger partial charge in [0.05, 0.1) is 11.6 Å². The average molecular weight is 241 g/mol. The van der Waals surface area contributed by atoms with Gasteiger partial charge in [0.1, 0.15) is 12.2 Å². The quantitative estimate of drug-likeness (QED) is 0.749. The first-order chi connectivity index (χ1) is 8.88. The number of aromatic amines is 1. The van der Waals surface area contributed by atoms with Gasteiger partial charge in [0.25, 0.3) is 0 Å². The largest absolute Gasteiger partial charge is 0.313 e. The molecule has 1 heterocycles. The molecule has 1 aromatic carbocycles.